The molecule has 0 aliphatic heterocycles. The highest BCUT2D eigenvalue weighted by Crippen LogP contribution is 2.25. The smallest absolute Gasteiger partial charge is 0.247 e. The number of hydrogen-bond acceptors (Lipinski definition) is 0. The molecule has 0 spiro atoms. The molecule has 174 valence electrons. The summed E-state index contributed by atoms with van der Waals surface area (Å²) in [4.78, 5) is 3.55. The van der Waals surface area contributed by atoms with Gasteiger partial charge in [0.1, 0.15) is 18.1 Å². The lowest BCUT2D eigenvalue weighted by molar-refractivity contribution is -0.604. The van der Waals surface area contributed by atoms with Gasteiger partial charge in [-0.3, -0.25) is 0 Å². The molecule has 0 radical (unpaired) electrons. The first-order valence-corrected chi connectivity index (χ1v) is 13.5. The van der Waals surface area contributed by atoms with E-state index in [0.717, 1.165) is 0 Å². The van der Waals surface area contributed by atoms with Crippen molar-refractivity contribution in [3.63, 3.8) is 0 Å². The third-order valence-corrected chi connectivity index (χ3v) is 6.68. The first-order valence-electron chi connectivity index (χ1n) is 13.5. The van der Waals surface area contributed by atoms with E-state index < -0.39 is 0 Å². The number of aromatic nitrogens is 2. The second kappa shape index (κ2) is 17.0. The molecule has 0 saturated carbocycles. The van der Waals surface area contributed by atoms with E-state index >= 15 is 0 Å². The molecule has 0 amide bonds. The minimum atomic E-state index is 0.637. The van der Waals surface area contributed by atoms with E-state index in [1.165, 1.54) is 121 Å². The fraction of sp³-hybridized carbons (Fsp3) is 0.690. The molecule has 0 bridgehead atoms. The molecular weight excluding hydrogens is 376 g/mol. The standard InChI is InChI=1S/C29H48N2/c1-3-5-6-7-8-9-10-11-12-13-14-15-16-18-22-27(21-4-2)29-30-25-26-31(29)28-23-19-17-20-24-28/h17,19-20,23-27H,3-16,18,21-22H2,1-2H3/p+1/t27-/m0/s1. The summed E-state index contributed by atoms with van der Waals surface area (Å²) in [6, 6.07) is 10.7. The van der Waals surface area contributed by atoms with Crippen LogP contribution in [0, 0.1) is 0 Å². The molecular formula is C29H49N2+. The number of imidazole rings is 1. The average molecular weight is 426 g/mol. The van der Waals surface area contributed by atoms with Crippen LogP contribution in [0.5, 0.6) is 0 Å². The van der Waals surface area contributed by atoms with Crippen molar-refractivity contribution in [3.05, 3.63) is 48.5 Å². The van der Waals surface area contributed by atoms with E-state index in [2.05, 4.69) is 66.1 Å². The molecule has 1 aromatic heterocycles. The van der Waals surface area contributed by atoms with Gasteiger partial charge in [-0.1, -0.05) is 128 Å². The van der Waals surface area contributed by atoms with Crippen LogP contribution in [0.15, 0.2) is 42.7 Å². The second-order valence-electron chi connectivity index (χ2n) is 9.42. The number of rotatable bonds is 19. The Balaban J connectivity index is 1.56. The Morgan fingerprint density at radius 3 is 1.74 bits per heavy atom. The predicted octanol–water partition coefficient (Wildman–Crippen LogP) is 9.05. The van der Waals surface area contributed by atoms with Gasteiger partial charge in [0.15, 0.2) is 0 Å². The maximum atomic E-state index is 3.55. The summed E-state index contributed by atoms with van der Waals surface area (Å²) >= 11 is 0. The van der Waals surface area contributed by atoms with Crippen molar-refractivity contribution in [3.8, 4) is 5.69 Å². The SMILES string of the molecule is CCCCCCCCCCCCCCCC[C@H](CCC)c1[nH]cc[n+]1-c1ccccc1. The highest BCUT2D eigenvalue weighted by molar-refractivity contribution is 5.22. The van der Waals surface area contributed by atoms with E-state index in [0.29, 0.717) is 5.92 Å². The van der Waals surface area contributed by atoms with Crippen molar-refractivity contribution in [2.75, 3.05) is 0 Å². The Hall–Kier alpha value is -1.57. The van der Waals surface area contributed by atoms with Crippen LogP contribution in [0.4, 0.5) is 0 Å². The van der Waals surface area contributed by atoms with Crippen molar-refractivity contribution < 1.29 is 4.57 Å². The van der Waals surface area contributed by atoms with Crippen LogP contribution < -0.4 is 4.57 Å². The summed E-state index contributed by atoms with van der Waals surface area (Å²) in [5, 5.41) is 0. The molecule has 0 unspecified atom stereocenters. The van der Waals surface area contributed by atoms with Crippen molar-refractivity contribution >= 4 is 0 Å². The largest absolute Gasteiger partial charge is 0.262 e. The topological polar surface area (TPSA) is 19.7 Å². The van der Waals surface area contributed by atoms with Gasteiger partial charge in [-0.15, -0.1) is 0 Å². The molecule has 1 heterocycles. The molecule has 2 nitrogen and oxygen atoms in total. The lowest BCUT2D eigenvalue weighted by atomic mass is 9.95. The highest BCUT2D eigenvalue weighted by atomic mass is 15.1. The molecule has 0 saturated heterocycles. The van der Waals surface area contributed by atoms with Crippen LogP contribution >= 0.6 is 0 Å². The van der Waals surface area contributed by atoms with Gasteiger partial charge in [0.25, 0.3) is 5.82 Å². The molecule has 1 aromatic carbocycles. The third kappa shape index (κ3) is 10.5. The van der Waals surface area contributed by atoms with Gasteiger partial charge in [-0.25, -0.2) is 4.98 Å². The normalized spacial score (nSPS) is 12.3. The molecule has 0 fully saturated rings. The van der Waals surface area contributed by atoms with Crippen LogP contribution in [-0.2, 0) is 0 Å². The van der Waals surface area contributed by atoms with Crippen LogP contribution in [-0.4, -0.2) is 4.98 Å². The van der Waals surface area contributed by atoms with Crippen LogP contribution in [0.25, 0.3) is 5.69 Å². The van der Waals surface area contributed by atoms with E-state index in [9.17, 15) is 0 Å². The lowest BCUT2D eigenvalue weighted by Crippen LogP contribution is -2.34. The quantitative estimate of drug-likeness (QED) is 0.171. The van der Waals surface area contributed by atoms with E-state index in [1.807, 2.05) is 0 Å². The molecule has 0 aliphatic carbocycles. The Kier molecular flexibility index (Phi) is 14.1. The number of para-hydroxylation sites is 1. The average Bonchev–Trinajstić information content (AvgIpc) is 3.29. The molecule has 0 aliphatic rings. The van der Waals surface area contributed by atoms with Gasteiger partial charge in [-0.2, -0.15) is 4.57 Å². The van der Waals surface area contributed by atoms with Gasteiger partial charge in [0.2, 0.25) is 0 Å². The summed E-state index contributed by atoms with van der Waals surface area (Å²) in [6.45, 7) is 4.61. The van der Waals surface area contributed by atoms with Crippen molar-refractivity contribution in [2.45, 2.75) is 129 Å². The highest BCUT2D eigenvalue weighted by Gasteiger charge is 2.23. The third-order valence-electron chi connectivity index (χ3n) is 6.68. The maximum Gasteiger partial charge on any atom is 0.262 e. The Labute approximate surface area is 192 Å². The van der Waals surface area contributed by atoms with E-state index in [4.69, 9.17) is 0 Å². The first-order chi connectivity index (χ1) is 15.4. The van der Waals surface area contributed by atoms with Gasteiger partial charge in [0.05, 0.1) is 5.92 Å². The summed E-state index contributed by atoms with van der Waals surface area (Å²) in [5.74, 6) is 2.01. The first kappa shape index (κ1) is 25.7. The number of hydrogen-bond donors (Lipinski definition) is 1. The van der Waals surface area contributed by atoms with Gasteiger partial charge < -0.3 is 0 Å². The maximum absolute atomic E-state index is 3.55. The Morgan fingerprint density at radius 2 is 1.19 bits per heavy atom. The number of unbranched alkanes of at least 4 members (excludes halogenated alkanes) is 13. The Bertz CT molecular complexity index is 646. The molecule has 1 N–H and O–H groups in total. The van der Waals surface area contributed by atoms with Gasteiger partial charge in [-0.05, 0) is 25.0 Å². The fourth-order valence-corrected chi connectivity index (χ4v) is 4.83. The number of benzene rings is 1. The van der Waals surface area contributed by atoms with Gasteiger partial charge >= 0.3 is 0 Å². The number of nitrogens with one attached hydrogen (secondary N) is 1. The minimum Gasteiger partial charge on any atom is -0.247 e. The number of nitrogens with zero attached hydrogens (tertiary/aromatic N) is 1. The zero-order valence-electron chi connectivity index (χ0n) is 20.6. The number of aromatic amines is 1. The minimum absolute atomic E-state index is 0.637. The van der Waals surface area contributed by atoms with Crippen LogP contribution in [0.3, 0.4) is 0 Å². The van der Waals surface area contributed by atoms with Gasteiger partial charge in [0, 0.05) is 0 Å². The number of H-pyrrole nitrogens is 1. The molecule has 31 heavy (non-hydrogen) atoms. The van der Waals surface area contributed by atoms with Crippen molar-refractivity contribution in [1.29, 1.82) is 0 Å². The van der Waals surface area contributed by atoms with E-state index in [1.54, 1.807) is 0 Å². The van der Waals surface area contributed by atoms with Crippen molar-refractivity contribution in [1.82, 2.24) is 4.98 Å². The Morgan fingerprint density at radius 1 is 0.645 bits per heavy atom. The second-order valence-corrected chi connectivity index (χ2v) is 9.42. The summed E-state index contributed by atoms with van der Waals surface area (Å²) < 4.78 is 2.35. The van der Waals surface area contributed by atoms with Crippen LogP contribution in [0.1, 0.15) is 135 Å². The molecule has 2 rings (SSSR count). The summed E-state index contributed by atoms with van der Waals surface area (Å²) in [5.41, 5.74) is 1.26. The van der Waals surface area contributed by atoms with Crippen molar-refractivity contribution in [2.24, 2.45) is 0 Å². The lowest BCUT2D eigenvalue weighted by Gasteiger charge is -2.13. The molecule has 2 aromatic rings. The zero-order chi connectivity index (χ0) is 22.0. The zero-order valence-corrected chi connectivity index (χ0v) is 20.6. The predicted molar refractivity (Wildman–Crippen MR) is 135 cm³/mol. The van der Waals surface area contributed by atoms with Crippen LogP contribution in [0.2, 0.25) is 0 Å². The summed E-state index contributed by atoms with van der Waals surface area (Å²) in [6.07, 6.45) is 28.1. The molecule has 2 heteroatoms. The summed E-state index contributed by atoms with van der Waals surface area (Å²) in [7, 11) is 0. The monoisotopic (exact) mass is 425 g/mol. The fourth-order valence-electron chi connectivity index (χ4n) is 4.83. The van der Waals surface area contributed by atoms with E-state index in [-0.39, 0.29) is 0 Å². The molecule has 1 atom stereocenters.